The fourth-order valence-electron chi connectivity index (χ4n) is 2.04. The van der Waals surface area contributed by atoms with Gasteiger partial charge in [0, 0.05) is 42.6 Å². The Kier molecular flexibility index (Phi) is 3.08. The second-order valence-electron chi connectivity index (χ2n) is 4.35. The maximum absolute atomic E-state index is 6.16. The fourth-order valence-corrected chi connectivity index (χ4v) is 2.76. The quantitative estimate of drug-likeness (QED) is 0.777. The molecule has 0 saturated carbocycles. The summed E-state index contributed by atoms with van der Waals surface area (Å²) in [6, 6.07) is 4.11. The number of imidazole rings is 1. The van der Waals surface area contributed by atoms with E-state index in [2.05, 4.69) is 16.2 Å². The number of nitrogens with zero attached hydrogens (tertiary/aromatic N) is 3. The molecule has 1 unspecified atom stereocenters. The van der Waals surface area contributed by atoms with Crippen LogP contribution in [-0.4, -0.2) is 20.4 Å². The van der Waals surface area contributed by atoms with Crippen LogP contribution in [0.1, 0.15) is 11.3 Å². The Hall–Kier alpha value is -1.72. The van der Waals surface area contributed by atoms with E-state index in [1.54, 1.807) is 23.7 Å². The summed E-state index contributed by atoms with van der Waals surface area (Å²) in [5.41, 5.74) is 8.44. The number of aromatic nitrogens is 3. The van der Waals surface area contributed by atoms with Crippen molar-refractivity contribution >= 4 is 16.3 Å². The molecule has 0 amide bonds. The first kappa shape index (κ1) is 11.4. The number of hydrogen-bond acceptors (Lipinski definition) is 4. The van der Waals surface area contributed by atoms with E-state index in [-0.39, 0.29) is 6.04 Å². The Morgan fingerprint density at radius 3 is 2.89 bits per heavy atom. The van der Waals surface area contributed by atoms with Crippen molar-refractivity contribution in [1.82, 2.24) is 14.4 Å². The van der Waals surface area contributed by atoms with Crippen LogP contribution in [0.3, 0.4) is 0 Å². The van der Waals surface area contributed by atoms with Crippen LogP contribution >= 0.6 is 11.3 Å². The lowest BCUT2D eigenvalue weighted by Crippen LogP contribution is -2.25. The van der Waals surface area contributed by atoms with E-state index in [1.165, 1.54) is 5.56 Å². The van der Waals surface area contributed by atoms with E-state index in [0.29, 0.717) is 0 Å². The number of hydrogen-bond donors (Lipinski definition) is 1. The van der Waals surface area contributed by atoms with Gasteiger partial charge in [-0.3, -0.25) is 9.38 Å². The summed E-state index contributed by atoms with van der Waals surface area (Å²) in [6.07, 6.45) is 9.33. The molecule has 5 heteroatoms. The molecule has 3 rings (SSSR count). The molecule has 0 bridgehead atoms. The molecule has 0 aliphatic carbocycles. The number of pyridine rings is 1. The van der Waals surface area contributed by atoms with Crippen LogP contribution in [0.5, 0.6) is 0 Å². The van der Waals surface area contributed by atoms with E-state index in [9.17, 15) is 0 Å². The molecule has 92 valence electrons. The van der Waals surface area contributed by atoms with Crippen molar-refractivity contribution in [2.45, 2.75) is 18.9 Å². The first-order valence-electron chi connectivity index (χ1n) is 5.87. The molecule has 0 aliphatic rings. The lowest BCUT2D eigenvalue weighted by molar-refractivity contribution is 0.656. The van der Waals surface area contributed by atoms with Crippen molar-refractivity contribution in [2.75, 3.05) is 0 Å². The van der Waals surface area contributed by atoms with Crippen LogP contribution in [0.2, 0.25) is 0 Å². The minimum absolute atomic E-state index is 0.0945. The molecule has 2 N–H and O–H groups in total. The first-order valence-corrected chi connectivity index (χ1v) is 6.75. The third-order valence-electron chi connectivity index (χ3n) is 2.86. The number of nitrogens with two attached hydrogens (primary N) is 1. The van der Waals surface area contributed by atoms with Crippen LogP contribution in [0.4, 0.5) is 0 Å². The second-order valence-corrected chi connectivity index (χ2v) is 5.22. The van der Waals surface area contributed by atoms with Crippen LogP contribution in [0.15, 0.2) is 42.3 Å². The number of rotatable bonds is 4. The van der Waals surface area contributed by atoms with Gasteiger partial charge in [-0.2, -0.15) is 0 Å². The van der Waals surface area contributed by atoms with Gasteiger partial charge >= 0.3 is 0 Å². The second kappa shape index (κ2) is 4.88. The van der Waals surface area contributed by atoms with Gasteiger partial charge in [0.15, 0.2) is 4.96 Å². The topological polar surface area (TPSA) is 56.2 Å². The summed E-state index contributed by atoms with van der Waals surface area (Å²) >= 11 is 1.64. The molecule has 0 fully saturated rings. The number of thiazole rings is 1. The zero-order valence-corrected chi connectivity index (χ0v) is 10.7. The van der Waals surface area contributed by atoms with Crippen molar-refractivity contribution in [3.8, 4) is 0 Å². The van der Waals surface area contributed by atoms with Crippen LogP contribution in [0.25, 0.3) is 4.96 Å². The Morgan fingerprint density at radius 2 is 2.11 bits per heavy atom. The normalized spacial score (nSPS) is 12.9. The molecule has 1 atom stereocenters. The molecule has 3 aromatic heterocycles. The smallest absolute Gasteiger partial charge is 0.193 e. The molecular weight excluding hydrogens is 244 g/mol. The van der Waals surface area contributed by atoms with E-state index in [1.807, 2.05) is 28.1 Å². The van der Waals surface area contributed by atoms with E-state index in [0.717, 1.165) is 23.5 Å². The number of fused-ring (bicyclic) bond motifs is 1. The predicted molar refractivity (Wildman–Crippen MR) is 72.7 cm³/mol. The van der Waals surface area contributed by atoms with Gasteiger partial charge in [-0.05, 0) is 24.1 Å². The van der Waals surface area contributed by atoms with Gasteiger partial charge in [0.1, 0.15) is 0 Å². The van der Waals surface area contributed by atoms with Gasteiger partial charge in [0.25, 0.3) is 0 Å². The zero-order valence-electron chi connectivity index (χ0n) is 9.86. The molecule has 3 aromatic rings. The third kappa shape index (κ3) is 2.42. The van der Waals surface area contributed by atoms with Gasteiger partial charge < -0.3 is 5.73 Å². The van der Waals surface area contributed by atoms with Gasteiger partial charge in [-0.15, -0.1) is 11.3 Å². The standard InChI is InChI=1S/C13H14N4S/c14-11(7-10-1-3-15-4-2-10)8-12-9-17-5-6-18-13(17)16-12/h1-6,9,11H,7-8,14H2. The largest absolute Gasteiger partial charge is 0.327 e. The van der Waals surface area contributed by atoms with Gasteiger partial charge in [-0.1, -0.05) is 0 Å². The minimum Gasteiger partial charge on any atom is -0.327 e. The summed E-state index contributed by atoms with van der Waals surface area (Å²) in [5.74, 6) is 0. The highest BCUT2D eigenvalue weighted by Crippen LogP contribution is 2.13. The van der Waals surface area contributed by atoms with E-state index in [4.69, 9.17) is 5.73 Å². The van der Waals surface area contributed by atoms with Gasteiger partial charge in [-0.25, -0.2) is 4.98 Å². The van der Waals surface area contributed by atoms with Crippen molar-refractivity contribution in [3.63, 3.8) is 0 Å². The molecule has 0 saturated heterocycles. The third-order valence-corrected chi connectivity index (χ3v) is 3.63. The first-order chi connectivity index (χ1) is 8.81. The Bertz CT molecular complexity index is 600. The average molecular weight is 258 g/mol. The van der Waals surface area contributed by atoms with Crippen LogP contribution < -0.4 is 5.73 Å². The maximum Gasteiger partial charge on any atom is 0.193 e. The monoisotopic (exact) mass is 258 g/mol. The summed E-state index contributed by atoms with van der Waals surface area (Å²) in [7, 11) is 0. The molecule has 4 nitrogen and oxygen atoms in total. The lowest BCUT2D eigenvalue weighted by Gasteiger charge is -2.09. The highest BCUT2D eigenvalue weighted by molar-refractivity contribution is 7.15. The summed E-state index contributed by atoms with van der Waals surface area (Å²) in [6.45, 7) is 0. The average Bonchev–Trinajstić information content (AvgIpc) is 2.90. The van der Waals surface area contributed by atoms with Crippen LogP contribution in [-0.2, 0) is 12.8 Å². The predicted octanol–water partition coefficient (Wildman–Crippen LogP) is 1.90. The van der Waals surface area contributed by atoms with Crippen molar-refractivity contribution in [1.29, 1.82) is 0 Å². The SMILES string of the molecule is NC(Cc1ccncc1)Cc1cn2ccsc2n1. The summed E-state index contributed by atoms with van der Waals surface area (Å²) < 4.78 is 2.04. The highest BCUT2D eigenvalue weighted by atomic mass is 32.1. The molecule has 0 aromatic carbocycles. The van der Waals surface area contributed by atoms with E-state index >= 15 is 0 Å². The maximum atomic E-state index is 6.16. The Labute approximate surface area is 109 Å². The summed E-state index contributed by atoms with van der Waals surface area (Å²) in [5, 5.41) is 2.03. The van der Waals surface area contributed by atoms with Crippen molar-refractivity contribution in [2.24, 2.45) is 5.73 Å². The minimum atomic E-state index is 0.0945. The Balaban J connectivity index is 1.67. The molecule has 0 radical (unpaired) electrons. The summed E-state index contributed by atoms with van der Waals surface area (Å²) in [4.78, 5) is 9.58. The molecule has 0 spiro atoms. The molecule has 3 heterocycles. The van der Waals surface area contributed by atoms with Crippen molar-refractivity contribution in [3.05, 3.63) is 53.6 Å². The molecular formula is C13H14N4S. The Morgan fingerprint density at radius 1 is 1.28 bits per heavy atom. The zero-order chi connectivity index (χ0) is 12.4. The lowest BCUT2D eigenvalue weighted by atomic mass is 10.0. The van der Waals surface area contributed by atoms with Gasteiger partial charge in [0.05, 0.1) is 5.69 Å². The fraction of sp³-hybridized carbons (Fsp3) is 0.231. The molecule has 18 heavy (non-hydrogen) atoms. The van der Waals surface area contributed by atoms with Gasteiger partial charge in [0.2, 0.25) is 0 Å². The highest BCUT2D eigenvalue weighted by Gasteiger charge is 2.09. The molecule has 0 aliphatic heterocycles. The van der Waals surface area contributed by atoms with Crippen LogP contribution in [0, 0.1) is 0 Å². The van der Waals surface area contributed by atoms with E-state index < -0.39 is 0 Å². The van der Waals surface area contributed by atoms with Crippen molar-refractivity contribution < 1.29 is 0 Å².